The van der Waals surface area contributed by atoms with E-state index in [9.17, 15) is 0 Å². The van der Waals surface area contributed by atoms with Crippen LogP contribution in [0.2, 0.25) is 0 Å². The third kappa shape index (κ3) is 6.66. The Labute approximate surface area is 77.2 Å². The van der Waals surface area contributed by atoms with E-state index in [1.165, 1.54) is 32.1 Å². The Morgan fingerprint density at radius 2 is 1.75 bits per heavy atom. The molecule has 0 aliphatic carbocycles. The van der Waals surface area contributed by atoms with Crippen LogP contribution in [0.4, 0.5) is 0 Å². The molecule has 0 aromatic heterocycles. The minimum Gasteiger partial charge on any atom is -0.393 e. The lowest BCUT2D eigenvalue weighted by Crippen LogP contribution is -2.05. The molecule has 1 N–H and O–H groups in total. The van der Waals surface area contributed by atoms with Crippen LogP contribution in [0.1, 0.15) is 59.3 Å². The maximum absolute atomic E-state index is 9.12. The van der Waals surface area contributed by atoms with Crippen molar-refractivity contribution in [3.8, 4) is 0 Å². The molecule has 12 heavy (non-hydrogen) atoms. The van der Waals surface area contributed by atoms with Gasteiger partial charge in [-0.2, -0.15) is 0 Å². The molecule has 0 amide bonds. The van der Waals surface area contributed by atoms with Crippen LogP contribution in [0.5, 0.6) is 0 Å². The van der Waals surface area contributed by atoms with Crippen LogP contribution in [0.15, 0.2) is 0 Å². The van der Waals surface area contributed by atoms with Crippen LogP contribution < -0.4 is 0 Å². The van der Waals surface area contributed by atoms with Gasteiger partial charge in [-0.25, -0.2) is 0 Å². The number of unbranched alkanes of at least 4 members (excludes halogenated alkanes) is 1. The number of rotatable bonds is 7. The van der Waals surface area contributed by atoms with Gasteiger partial charge in [0.2, 0.25) is 0 Å². The van der Waals surface area contributed by atoms with Crippen molar-refractivity contribution in [2.75, 3.05) is 0 Å². The van der Waals surface area contributed by atoms with E-state index in [0.717, 1.165) is 12.3 Å². The molecule has 0 saturated heterocycles. The molecule has 74 valence electrons. The molecule has 0 rings (SSSR count). The van der Waals surface area contributed by atoms with Crippen molar-refractivity contribution in [2.24, 2.45) is 5.92 Å². The van der Waals surface area contributed by atoms with Gasteiger partial charge >= 0.3 is 0 Å². The number of aliphatic hydroxyl groups excluding tert-OH is 1. The quantitative estimate of drug-likeness (QED) is 0.624. The summed E-state index contributed by atoms with van der Waals surface area (Å²) in [4.78, 5) is 0. The maximum atomic E-state index is 9.12. The van der Waals surface area contributed by atoms with Crippen molar-refractivity contribution < 1.29 is 5.11 Å². The van der Waals surface area contributed by atoms with Crippen molar-refractivity contribution in [1.82, 2.24) is 0 Å². The fourth-order valence-electron chi connectivity index (χ4n) is 1.52. The van der Waals surface area contributed by atoms with Crippen LogP contribution in [0, 0.1) is 5.92 Å². The summed E-state index contributed by atoms with van der Waals surface area (Å²) >= 11 is 0. The van der Waals surface area contributed by atoms with E-state index in [-0.39, 0.29) is 6.10 Å². The Bertz CT molecular complexity index is 89.0. The minimum atomic E-state index is -0.110. The summed E-state index contributed by atoms with van der Waals surface area (Å²) in [5.41, 5.74) is 0. The van der Waals surface area contributed by atoms with E-state index in [0.29, 0.717) is 0 Å². The van der Waals surface area contributed by atoms with Gasteiger partial charge in [-0.15, -0.1) is 0 Å². The Kier molecular flexibility index (Phi) is 7.58. The molecule has 0 unspecified atom stereocenters. The standard InChI is InChI=1S/C11H24O/c1-4-6-7-11(5-2)9-8-10(3)12/h10-12H,4-9H2,1-3H3/t10-,11+/m1/s1. The Morgan fingerprint density at radius 1 is 1.08 bits per heavy atom. The molecule has 1 nitrogen and oxygen atoms in total. The fraction of sp³-hybridized carbons (Fsp3) is 1.00. The van der Waals surface area contributed by atoms with Crippen LogP contribution in [-0.2, 0) is 0 Å². The zero-order valence-electron chi connectivity index (χ0n) is 8.84. The molecule has 2 atom stereocenters. The lowest BCUT2D eigenvalue weighted by atomic mass is 9.93. The molecule has 0 aromatic rings. The number of hydrogen-bond acceptors (Lipinski definition) is 1. The highest BCUT2D eigenvalue weighted by Gasteiger charge is 2.06. The smallest absolute Gasteiger partial charge is 0.0512 e. The molecular weight excluding hydrogens is 148 g/mol. The number of hydrogen-bond donors (Lipinski definition) is 1. The highest BCUT2D eigenvalue weighted by atomic mass is 16.3. The average Bonchev–Trinajstić information content (AvgIpc) is 2.05. The van der Waals surface area contributed by atoms with Crippen LogP contribution >= 0.6 is 0 Å². The third-order valence-electron chi connectivity index (χ3n) is 2.54. The van der Waals surface area contributed by atoms with Gasteiger partial charge in [0.15, 0.2) is 0 Å². The summed E-state index contributed by atoms with van der Waals surface area (Å²) in [6.07, 6.45) is 7.33. The first-order valence-electron chi connectivity index (χ1n) is 5.38. The van der Waals surface area contributed by atoms with Gasteiger partial charge < -0.3 is 5.11 Å². The van der Waals surface area contributed by atoms with Gasteiger partial charge in [0.1, 0.15) is 0 Å². The van der Waals surface area contributed by atoms with Crippen molar-refractivity contribution in [1.29, 1.82) is 0 Å². The first-order chi connectivity index (χ1) is 5.70. The summed E-state index contributed by atoms with van der Waals surface area (Å²) in [6, 6.07) is 0. The highest BCUT2D eigenvalue weighted by molar-refractivity contribution is 4.59. The molecule has 1 heteroatoms. The van der Waals surface area contributed by atoms with E-state index in [1.54, 1.807) is 0 Å². The third-order valence-corrected chi connectivity index (χ3v) is 2.54. The van der Waals surface area contributed by atoms with E-state index in [4.69, 9.17) is 5.11 Å². The molecule has 0 spiro atoms. The molecule has 0 aliphatic rings. The zero-order valence-corrected chi connectivity index (χ0v) is 8.84. The Morgan fingerprint density at radius 3 is 2.17 bits per heavy atom. The number of aliphatic hydroxyl groups is 1. The second kappa shape index (κ2) is 7.60. The first kappa shape index (κ1) is 12.0. The van der Waals surface area contributed by atoms with E-state index in [1.807, 2.05) is 6.92 Å². The van der Waals surface area contributed by atoms with Crippen LogP contribution in [0.3, 0.4) is 0 Å². The second-order valence-corrected chi connectivity index (χ2v) is 3.84. The van der Waals surface area contributed by atoms with Gasteiger partial charge in [-0.3, -0.25) is 0 Å². The van der Waals surface area contributed by atoms with Gasteiger partial charge in [0.05, 0.1) is 6.10 Å². The predicted molar refractivity (Wildman–Crippen MR) is 54.2 cm³/mol. The molecule has 0 bridgehead atoms. The molecular formula is C11H24O. The SMILES string of the molecule is CCCC[C@H](CC)CC[C@@H](C)O. The average molecular weight is 172 g/mol. The van der Waals surface area contributed by atoms with Gasteiger partial charge in [-0.1, -0.05) is 39.5 Å². The second-order valence-electron chi connectivity index (χ2n) is 3.84. The molecule has 0 fully saturated rings. The molecule has 0 radical (unpaired) electrons. The Balaban J connectivity index is 3.39. The van der Waals surface area contributed by atoms with Gasteiger partial charge in [0, 0.05) is 0 Å². The lowest BCUT2D eigenvalue weighted by Gasteiger charge is -2.14. The summed E-state index contributed by atoms with van der Waals surface area (Å²) in [5, 5.41) is 9.12. The van der Waals surface area contributed by atoms with Crippen molar-refractivity contribution in [3.05, 3.63) is 0 Å². The van der Waals surface area contributed by atoms with Crippen molar-refractivity contribution >= 4 is 0 Å². The zero-order chi connectivity index (χ0) is 9.40. The largest absolute Gasteiger partial charge is 0.393 e. The summed E-state index contributed by atoms with van der Waals surface area (Å²) in [5.74, 6) is 0.847. The predicted octanol–water partition coefficient (Wildman–Crippen LogP) is 3.36. The van der Waals surface area contributed by atoms with E-state index >= 15 is 0 Å². The van der Waals surface area contributed by atoms with E-state index in [2.05, 4.69) is 13.8 Å². The van der Waals surface area contributed by atoms with Gasteiger partial charge in [0.25, 0.3) is 0 Å². The Hall–Kier alpha value is -0.0400. The van der Waals surface area contributed by atoms with Crippen molar-refractivity contribution in [3.63, 3.8) is 0 Å². The molecule has 0 heterocycles. The monoisotopic (exact) mass is 172 g/mol. The summed E-state index contributed by atoms with van der Waals surface area (Å²) in [7, 11) is 0. The maximum Gasteiger partial charge on any atom is 0.0512 e. The van der Waals surface area contributed by atoms with E-state index < -0.39 is 0 Å². The highest BCUT2D eigenvalue weighted by Crippen LogP contribution is 2.18. The summed E-state index contributed by atoms with van der Waals surface area (Å²) in [6.45, 7) is 6.37. The van der Waals surface area contributed by atoms with Crippen molar-refractivity contribution in [2.45, 2.75) is 65.4 Å². The normalized spacial score (nSPS) is 16.0. The molecule has 0 aromatic carbocycles. The first-order valence-corrected chi connectivity index (χ1v) is 5.38. The van der Waals surface area contributed by atoms with Gasteiger partial charge in [-0.05, 0) is 25.7 Å². The summed E-state index contributed by atoms with van der Waals surface area (Å²) < 4.78 is 0. The minimum absolute atomic E-state index is 0.110. The molecule has 0 aliphatic heterocycles. The molecule has 0 saturated carbocycles. The van der Waals surface area contributed by atoms with Crippen LogP contribution in [0.25, 0.3) is 0 Å². The lowest BCUT2D eigenvalue weighted by molar-refractivity contribution is 0.171. The fourth-order valence-corrected chi connectivity index (χ4v) is 1.52. The topological polar surface area (TPSA) is 20.2 Å². The van der Waals surface area contributed by atoms with Crippen LogP contribution in [-0.4, -0.2) is 11.2 Å².